The van der Waals surface area contributed by atoms with Crippen molar-refractivity contribution in [1.82, 2.24) is 10.2 Å². The van der Waals surface area contributed by atoms with Gasteiger partial charge in [-0.1, -0.05) is 23.2 Å². The lowest BCUT2D eigenvalue weighted by atomic mass is 10.1. The molecule has 6 heteroatoms. The zero-order valence-corrected chi connectivity index (χ0v) is 9.67. The minimum absolute atomic E-state index is 0.366. The highest BCUT2D eigenvalue weighted by molar-refractivity contribution is 6.33. The van der Waals surface area contributed by atoms with Crippen LogP contribution in [0, 0.1) is 5.92 Å². The Bertz CT molecular complexity index is 358. The molecule has 0 saturated carbocycles. The van der Waals surface area contributed by atoms with E-state index < -0.39 is 0 Å². The molecular weight excluding hydrogens is 235 g/mol. The fourth-order valence-electron chi connectivity index (χ4n) is 1.81. The van der Waals surface area contributed by atoms with Gasteiger partial charge in [-0.3, -0.25) is 0 Å². The molecule has 0 aliphatic carbocycles. The minimum atomic E-state index is 0.366. The van der Waals surface area contributed by atoms with Crippen molar-refractivity contribution in [1.29, 1.82) is 0 Å². The zero-order valence-electron chi connectivity index (χ0n) is 8.16. The van der Waals surface area contributed by atoms with E-state index in [1.807, 2.05) is 0 Å². The summed E-state index contributed by atoms with van der Waals surface area (Å²) in [6.07, 6.45) is 1.09. The summed E-state index contributed by atoms with van der Waals surface area (Å²) in [5, 5.41) is 8.23. The quantitative estimate of drug-likeness (QED) is 0.861. The predicted molar refractivity (Wildman–Crippen MR) is 61.4 cm³/mol. The summed E-state index contributed by atoms with van der Waals surface area (Å²) in [4.78, 5) is 2.15. The van der Waals surface area contributed by atoms with Crippen LogP contribution in [0.2, 0.25) is 10.3 Å². The first-order valence-corrected chi connectivity index (χ1v) is 5.60. The molecule has 0 radical (unpaired) electrons. The highest BCUT2D eigenvalue weighted by Gasteiger charge is 2.23. The van der Waals surface area contributed by atoms with E-state index in [0.717, 1.165) is 25.2 Å². The van der Waals surface area contributed by atoms with Crippen LogP contribution in [0.4, 0.5) is 5.69 Å². The van der Waals surface area contributed by atoms with Crippen molar-refractivity contribution in [2.75, 3.05) is 24.5 Å². The summed E-state index contributed by atoms with van der Waals surface area (Å²) in [5.74, 6) is 0.535. The third-order valence-electron chi connectivity index (χ3n) is 2.66. The second-order valence-electron chi connectivity index (χ2n) is 3.68. The average molecular weight is 247 g/mol. The Balaban J connectivity index is 2.19. The second kappa shape index (κ2) is 4.51. The predicted octanol–water partition coefficient (Wildman–Crippen LogP) is 1.57. The van der Waals surface area contributed by atoms with Crippen molar-refractivity contribution in [2.45, 2.75) is 6.42 Å². The molecule has 0 amide bonds. The van der Waals surface area contributed by atoms with Crippen molar-refractivity contribution < 1.29 is 0 Å². The number of nitrogens with zero attached hydrogens (tertiary/aromatic N) is 3. The maximum absolute atomic E-state index is 5.96. The Morgan fingerprint density at radius 2 is 2.27 bits per heavy atom. The molecule has 2 rings (SSSR count). The fourth-order valence-corrected chi connectivity index (χ4v) is 2.16. The number of rotatable bonds is 2. The SMILES string of the molecule is NCC1CCN(c2cc(Cl)nnc2Cl)C1. The van der Waals surface area contributed by atoms with Gasteiger partial charge in [0.05, 0.1) is 5.69 Å². The number of anilines is 1. The molecule has 1 atom stereocenters. The van der Waals surface area contributed by atoms with Crippen LogP contribution in [0.1, 0.15) is 6.42 Å². The second-order valence-corrected chi connectivity index (χ2v) is 4.42. The van der Waals surface area contributed by atoms with E-state index in [9.17, 15) is 0 Å². The van der Waals surface area contributed by atoms with Gasteiger partial charge in [0, 0.05) is 19.2 Å². The molecule has 0 spiro atoms. The standard InChI is InChI=1S/C9H12Cl2N4/c10-8-3-7(9(11)14-13-8)15-2-1-6(4-12)5-15/h3,6H,1-2,4-5,12H2. The molecule has 1 aliphatic heterocycles. The zero-order chi connectivity index (χ0) is 10.8. The molecule has 1 aliphatic rings. The summed E-state index contributed by atoms with van der Waals surface area (Å²) >= 11 is 11.7. The van der Waals surface area contributed by atoms with Gasteiger partial charge < -0.3 is 10.6 Å². The van der Waals surface area contributed by atoms with E-state index in [0.29, 0.717) is 22.8 Å². The Labute approximate surface area is 98.4 Å². The molecule has 0 aromatic carbocycles. The average Bonchev–Trinajstić information content (AvgIpc) is 2.70. The molecule has 4 nitrogen and oxygen atoms in total. The molecule has 0 bridgehead atoms. The number of halogens is 2. The lowest BCUT2D eigenvalue weighted by Crippen LogP contribution is -2.23. The molecule has 2 N–H and O–H groups in total. The Morgan fingerprint density at radius 3 is 2.93 bits per heavy atom. The van der Waals surface area contributed by atoms with Crippen LogP contribution in [-0.2, 0) is 0 Å². The maximum atomic E-state index is 5.96. The van der Waals surface area contributed by atoms with Crippen LogP contribution >= 0.6 is 23.2 Å². The van der Waals surface area contributed by atoms with E-state index in [2.05, 4.69) is 15.1 Å². The van der Waals surface area contributed by atoms with Crippen molar-refractivity contribution in [3.63, 3.8) is 0 Å². The Hall–Kier alpha value is -0.580. The third-order valence-corrected chi connectivity index (χ3v) is 3.11. The van der Waals surface area contributed by atoms with Gasteiger partial charge in [-0.25, -0.2) is 0 Å². The number of aromatic nitrogens is 2. The van der Waals surface area contributed by atoms with Gasteiger partial charge in [-0.15, -0.1) is 10.2 Å². The van der Waals surface area contributed by atoms with Crippen molar-refractivity contribution in [3.8, 4) is 0 Å². The van der Waals surface area contributed by atoms with Crippen molar-refractivity contribution in [2.24, 2.45) is 11.7 Å². The van der Waals surface area contributed by atoms with Crippen LogP contribution in [0.3, 0.4) is 0 Å². The summed E-state index contributed by atoms with van der Waals surface area (Å²) < 4.78 is 0. The van der Waals surface area contributed by atoms with E-state index in [1.165, 1.54) is 0 Å². The van der Waals surface area contributed by atoms with Gasteiger partial charge in [0.2, 0.25) is 0 Å². The van der Waals surface area contributed by atoms with Gasteiger partial charge in [0.15, 0.2) is 10.3 Å². The molecule has 1 aromatic rings. The van der Waals surface area contributed by atoms with Crippen molar-refractivity contribution >= 4 is 28.9 Å². The van der Waals surface area contributed by atoms with Crippen LogP contribution < -0.4 is 10.6 Å². The van der Waals surface area contributed by atoms with E-state index in [1.54, 1.807) is 6.07 Å². The summed E-state index contributed by atoms with van der Waals surface area (Å²) in [6, 6.07) is 1.75. The Morgan fingerprint density at radius 1 is 1.47 bits per heavy atom. The normalized spacial score (nSPS) is 21.0. The highest BCUT2D eigenvalue weighted by Crippen LogP contribution is 2.29. The smallest absolute Gasteiger partial charge is 0.175 e. The summed E-state index contributed by atoms with van der Waals surface area (Å²) in [7, 11) is 0. The van der Waals surface area contributed by atoms with E-state index >= 15 is 0 Å². The Kier molecular flexibility index (Phi) is 3.29. The van der Waals surface area contributed by atoms with Crippen molar-refractivity contribution in [3.05, 3.63) is 16.4 Å². The van der Waals surface area contributed by atoms with Gasteiger partial charge in [0.25, 0.3) is 0 Å². The first kappa shape index (κ1) is 10.9. The maximum Gasteiger partial charge on any atom is 0.175 e. The van der Waals surface area contributed by atoms with E-state index in [4.69, 9.17) is 28.9 Å². The molecule has 15 heavy (non-hydrogen) atoms. The molecule has 1 fully saturated rings. The number of nitrogens with two attached hydrogens (primary N) is 1. The van der Waals surface area contributed by atoms with Crippen LogP contribution in [0.5, 0.6) is 0 Å². The first-order valence-electron chi connectivity index (χ1n) is 4.84. The fraction of sp³-hybridized carbons (Fsp3) is 0.556. The van der Waals surface area contributed by atoms with Gasteiger partial charge in [-0.2, -0.15) is 0 Å². The third kappa shape index (κ3) is 2.33. The molecule has 82 valence electrons. The molecule has 2 heterocycles. The summed E-state index contributed by atoms with van der Waals surface area (Å²) in [5.41, 5.74) is 6.48. The van der Waals surface area contributed by atoms with Gasteiger partial charge >= 0.3 is 0 Å². The van der Waals surface area contributed by atoms with Gasteiger partial charge in [-0.05, 0) is 18.9 Å². The lowest BCUT2D eigenvalue weighted by Gasteiger charge is -2.18. The lowest BCUT2D eigenvalue weighted by molar-refractivity contribution is 0.602. The topological polar surface area (TPSA) is 55.0 Å². The van der Waals surface area contributed by atoms with E-state index in [-0.39, 0.29) is 0 Å². The minimum Gasteiger partial charge on any atom is -0.369 e. The molecular formula is C9H12Cl2N4. The van der Waals surface area contributed by atoms with Gasteiger partial charge in [0.1, 0.15) is 0 Å². The highest BCUT2D eigenvalue weighted by atomic mass is 35.5. The molecule has 1 unspecified atom stereocenters. The monoisotopic (exact) mass is 246 g/mol. The number of hydrogen-bond acceptors (Lipinski definition) is 4. The van der Waals surface area contributed by atoms with Crippen LogP contribution in [0.25, 0.3) is 0 Å². The number of hydrogen-bond donors (Lipinski definition) is 1. The van der Waals surface area contributed by atoms with Crippen LogP contribution in [0.15, 0.2) is 6.07 Å². The largest absolute Gasteiger partial charge is 0.369 e. The summed E-state index contributed by atoms with van der Waals surface area (Å²) in [6.45, 7) is 2.57. The molecule has 1 saturated heterocycles. The van der Waals surface area contributed by atoms with Crippen LogP contribution in [-0.4, -0.2) is 29.8 Å². The molecule has 1 aromatic heterocycles. The first-order chi connectivity index (χ1) is 7.20.